The van der Waals surface area contributed by atoms with Crippen molar-refractivity contribution in [1.82, 2.24) is 14.6 Å². The number of amides is 2. The van der Waals surface area contributed by atoms with Gasteiger partial charge in [0.15, 0.2) is 0 Å². The van der Waals surface area contributed by atoms with Gasteiger partial charge in [-0.25, -0.2) is 18.0 Å². The molecule has 40 heavy (non-hydrogen) atoms. The Morgan fingerprint density at radius 2 is 1.40 bits per heavy atom. The quantitative estimate of drug-likeness (QED) is 0.268. The van der Waals surface area contributed by atoms with Gasteiger partial charge in [-0.3, -0.25) is 9.52 Å². The number of hydrogen-bond donors (Lipinski definition) is 2. The monoisotopic (exact) mass is 563 g/mol. The minimum Gasteiger partial charge on any atom is -0.459 e. The molecule has 2 amide bonds. The highest BCUT2D eigenvalue weighted by molar-refractivity contribution is 7.89. The maximum atomic E-state index is 13.2. The Morgan fingerprint density at radius 3 is 2.02 bits per heavy atom. The smallest absolute Gasteiger partial charge is 0.408 e. The van der Waals surface area contributed by atoms with E-state index < -0.39 is 34.0 Å². The zero-order valence-electron chi connectivity index (χ0n) is 21.8. The summed E-state index contributed by atoms with van der Waals surface area (Å²) in [5.41, 5.74) is 2.88. The first-order chi connectivity index (χ1) is 19.2. The van der Waals surface area contributed by atoms with E-state index in [9.17, 15) is 22.8 Å². The molecular weight excluding hydrogens is 534 g/mol. The second kappa shape index (κ2) is 12.9. The number of esters is 1. The predicted molar refractivity (Wildman–Crippen MR) is 148 cm³/mol. The Labute approximate surface area is 232 Å². The molecule has 0 bridgehead atoms. The van der Waals surface area contributed by atoms with Crippen molar-refractivity contribution in [2.24, 2.45) is 0 Å². The number of hydrogen-bond acceptors (Lipinski definition) is 7. The summed E-state index contributed by atoms with van der Waals surface area (Å²) in [4.78, 5) is 38.2. The fraction of sp³-hybridized carbons (Fsp3) is 0.207. The SMILES string of the molecule is CS(=O)(=O)NC(=O)Cn1cc(CC(NC(=O)OCc2ccccc2)C(=O)OCc2ccccc2)c2ccccc21. The van der Waals surface area contributed by atoms with Gasteiger partial charge in [0, 0.05) is 23.5 Å². The lowest BCUT2D eigenvalue weighted by Gasteiger charge is -2.18. The van der Waals surface area contributed by atoms with Crippen LogP contribution in [0.4, 0.5) is 4.79 Å². The highest BCUT2D eigenvalue weighted by atomic mass is 32.2. The standard InChI is InChI=1S/C29H29N3O7S/c1-40(36,37)31-27(33)18-32-17-23(24-14-8-9-15-26(24)32)16-25(28(34)38-19-21-10-4-2-5-11-21)30-29(35)39-20-22-12-6-3-7-13-22/h2-15,17,25H,16,18-20H2,1H3,(H,30,35)(H,31,33). The molecule has 0 aliphatic rings. The summed E-state index contributed by atoms with van der Waals surface area (Å²) >= 11 is 0. The fourth-order valence-electron chi connectivity index (χ4n) is 4.16. The van der Waals surface area contributed by atoms with Gasteiger partial charge in [0.1, 0.15) is 25.8 Å². The predicted octanol–water partition coefficient (Wildman–Crippen LogP) is 3.30. The second-order valence-electron chi connectivity index (χ2n) is 9.15. The van der Waals surface area contributed by atoms with Gasteiger partial charge in [0.05, 0.1) is 6.26 Å². The molecule has 0 fully saturated rings. The average molecular weight is 564 g/mol. The number of sulfonamides is 1. The van der Waals surface area contributed by atoms with Gasteiger partial charge in [0.25, 0.3) is 5.91 Å². The van der Waals surface area contributed by atoms with Crippen LogP contribution in [0.5, 0.6) is 0 Å². The lowest BCUT2D eigenvalue weighted by atomic mass is 10.1. The molecule has 0 aliphatic heterocycles. The van der Waals surface area contributed by atoms with Crippen molar-refractivity contribution in [3.8, 4) is 0 Å². The number of carbonyl (C=O) groups excluding carboxylic acids is 3. The Balaban J connectivity index is 1.54. The largest absolute Gasteiger partial charge is 0.459 e. The summed E-state index contributed by atoms with van der Waals surface area (Å²) in [6.45, 7) is -0.221. The van der Waals surface area contributed by atoms with E-state index in [1.54, 1.807) is 29.0 Å². The molecule has 11 heteroatoms. The molecule has 0 radical (unpaired) electrons. The molecule has 3 aromatic carbocycles. The van der Waals surface area contributed by atoms with Crippen LogP contribution in [0.2, 0.25) is 0 Å². The van der Waals surface area contributed by atoms with Crippen molar-refractivity contribution in [2.45, 2.75) is 32.2 Å². The molecular formula is C29H29N3O7S. The van der Waals surface area contributed by atoms with Crippen molar-refractivity contribution in [3.63, 3.8) is 0 Å². The summed E-state index contributed by atoms with van der Waals surface area (Å²) in [5.74, 6) is -1.37. The third-order valence-electron chi connectivity index (χ3n) is 5.92. The van der Waals surface area contributed by atoms with E-state index in [-0.39, 0.29) is 26.2 Å². The number of nitrogens with zero attached hydrogens (tertiary/aromatic N) is 1. The molecule has 1 unspecified atom stereocenters. The minimum atomic E-state index is -3.72. The van der Waals surface area contributed by atoms with Crippen LogP contribution in [0.25, 0.3) is 10.9 Å². The minimum absolute atomic E-state index is 0.0182. The zero-order valence-corrected chi connectivity index (χ0v) is 22.6. The second-order valence-corrected chi connectivity index (χ2v) is 10.9. The number of para-hydroxylation sites is 1. The summed E-state index contributed by atoms with van der Waals surface area (Å²) in [7, 11) is -3.72. The molecule has 0 saturated heterocycles. The van der Waals surface area contributed by atoms with Crippen LogP contribution >= 0.6 is 0 Å². The number of nitrogens with one attached hydrogen (secondary N) is 2. The number of ether oxygens (including phenoxy) is 2. The highest BCUT2D eigenvalue weighted by Crippen LogP contribution is 2.23. The average Bonchev–Trinajstić information content (AvgIpc) is 3.27. The van der Waals surface area contributed by atoms with Gasteiger partial charge in [-0.2, -0.15) is 0 Å². The topological polar surface area (TPSA) is 133 Å². The van der Waals surface area contributed by atoms with Gasteiger partial charge >= 0.3 is 12.1 Å². The van der Waals surface area contributed by atoms with Crippen LogP contribution in [-0.2, 0) is 55.3 Å². The molecule has 4 rings (SSSR count). The lowest BCUT2D eigenvalue weighted by Crippen LogP contribution is -2.43. The van der Waals surface area contributed by atoms with Gasteiger partial charge in [-0.15, -0.1) is 0 Å². The molecule has 1 heterocycles. The number of aromatic nitrogens is 1. The maximum absolute atomic E-state index is 13.2. The first-order valence-corrected chi connectivity index (χ1v) is 14.3. The van der Waals surface area contributed by atoms with Crippen LogP contribution in [0.1, 0.15) is 16.7 Å². The van der Waals surface area contributed by atoms with Gasteiger partial charge < -0.3 is 19.4 Å². The Kier molecular flexibility index (Phi) is 9.18. The van der Waals surface area contributed by atoms with E-state index in [4.69, 9.17) is 9.47 Å². The molecule has 1 aromatic heterocycles. The number of fused-ring (bicyclic) bond motifs is 1. The first kappa shape index (κ1) is 28.4. The van der Waals surface area contributed by atoms with Crippen LogP contribution in [-0.4, -0.2) is 43.3 Å². The van der Waals surface area contributed by atoms with Crippen LogP contribution in [0.15, 0.2) is 91.1 Å². The van der Waals surface area contributed by atoms with Gasteiger partial charge in [-0.1, -0.05) is 78.9 Å². The van der Waals surface area contributed by atoms with Crippen molar-refractivity contribution in [3.05, 3.63) is 108 Å². The van der Waals surface area contributed by atoms with Gasteiger partial charge in [-0.05, 0) is 22.8 Å². The van der Waals surface area contributed by atoms with E-state index in [1.807, 2.05) is 71.5 Å². The molecule has 0 saturated carbocycles. The summed E-state index contributed by atoms with van der Waals surface area (Å²) < 4.78 is 37.4. The normalized spacial score (nSPS) is 11.9. The molecule has 208 valence electrons. The first-order valence-electron chi connectivity index (χ1n) is 12.4. The number of carbonyl (C=O) groups is 3. The Morgan fingerprint density at radius 1 is 0.825 bits per heavy atom. The van der Waals surface area contributed by atoms with Crippen LogP contribution < -0.4 is 10.0 Å². The highest BCUT2D eigenvalue weighted by Gasteiger charge is 2.26. The molecule has 1 atom stereocenters. The fourth-order valence-corrected chi connectivity index (χ4v) is 4.64. The zero-order chi connectivity index (χ0) is 28.5. The van der Waals surface area contributed by atoms with Crippen molar-refractivity contribution >= 4 is 38.9 Å². The summed E-state index contributed by atoms with van der Waals surface area (Å²) in [6, 6.07) is 24.3. The third-order valence-corrected chi connectivity index (χ3v) is 6.52. The van der Waals surface area contributed by atoms with Crippen molar-refractivity contribution < 1.29 is 32.3 Å². The maximum Gasteiger partial charge on any atom is 0.408 e. The van der Waals surface area contributed by atoms with Crippen molar-refractivity contribution in [1.29, 1.82) is 0 Å². The lowest BCUT2D eigenvalue weighted by molar-refractivity contribution is -0.147. The Bertz CT molecular complexity index is 1590. The van der Waals surface area contributed by atoms with Crippen LogP contribution in [0, 0.1) is 0 Å². The summed E-state index contributed by atoms with van der Waals surface area (Å²) in [5, 5.41) is 3.35. The molecule has 0 aliphatic carbocycles. The van der Waals surface area contributed by atoms with E-state index in [1.165, 1.54) is 0 Å². The van der Waals surface area contributed by atoms with Crippen LogP contribution in [0.3, 0.4) is 0 Å². The number of rotatable bonds is 11. The third kappa shape index (κ3) is 8.18. The van der Waals surface area contributed by atoms with E-state index in [0.29, 0.717) is 11.1 Å². The summed E-state index contributed by atoms with van der Waals surface area (Å²) in [6.07, 6.45) is 1.80. The van der Waals surface area contributed by atoms with E-state index >= 15 is 0 Å². The Hall–Kier alpha value is -4.64. The van der Waals surface area contributed by atoms with E-state index in [2.05, 4.69) is 5.32 Å². The molecule has 2 N–H and O–H groups in total. The van der Waals surface area contributed by atoms with Crippen molar-refractivity contribution in [2.75, 3.05) is 6.26 Å². The molecule has 4 aromatic rings. The number of benzene rings is 3. The molecule has 10 nitrogen and oxygen atoms in total. The molecule has 0 spiro atoms. The van der Waals surface area contributed by atoms with E-state index in [0.717, 1.165) is 22.8 Å². The van der Waals surface area contributed by atoms with Gasteiger partial charge in [0.2, 0.25) is 10.0 Å². The number of alkyl carbamates (subject to hydrolysis) is 1.